The minimum absolute atomic E-state index is 0.121. The van der Waals surface area contributed by atoms with Crippen LogP contribution in [0.25, 0.3) is 11.3 Å². The number of halogens is 1. The zero-order valence-electron chi connectivity index (χ0n) is 11.5. The molecule has 0 aliphatic rings. The molecule has 20 heavy (non-hydrogen) atoms. The van der Waals surface area contributed by atoms with Crippen LogP contribution in [-0.4, -0.2) is 28.2 Å². The summed E-state index contributed by atoms with van der Waals surface area (Å²) in [5, 5.41) is 8.98. The molecule has 0 radical (unpaired) electrons. The first kappa shape index (κ1) is 14.6. The van der Waals surface area contributed by atoms with Gasteiger partial charge in [0.2, 0.25) is 0 Å². The zero-order valence-corrected chi connectivity index (χ0v) is 13.0. The van der Waals surface area contributed by atoms with Gasteiger partial charge in [0.1, 0.15) is 5.75 Å². The van der Waals surface area contributed by atoms with Crippen molar-refractivity contribution in [2.24, 2.45) is 0 Å². The number of rotatable bonds is 4. The van der Waals surface area contributed by atoms with E-state index in [1.54, 1.807) is 7.11 Å². The molecule has 0 saturated heterocycles. The molecule has 0 saturated carbocycles. The molecule has 0 bridgehead atoms. The summed E-state index contributed by atoms with van der Waals surface area (Å²) < 4.78 is 5.89. The van der Waals surface area contributed by atoms with Gasteiger partial charge in [0.05, 0.1) is 24.9 Å². The second kappa shape index (κ2) is 5.66. The first-order valence-electron chi connectivity index (χ1n) is 6.04. The zero-order chi connectivity index (χ0) is 14.9. The van der Waals surface area contributed by atoms with E-state index in [1.165, 1.54) is 0 Å². The Kier molecular flexibility index (Phi) is 4.13. The predicted molar refractivity (Wildman–Crippen MR) is 79.1 cm³/mol. The number of carbonyl (C=O) groups is 1. The van der Waals surface area contributed by atoms with E-state index in [0.717, 1.165) is 16.7 Å². The fraction of sp³-hybridized carbons (Fsp3) is 0.286. The van der Waals surface area contributed by atoms with Crippen molar-refractivity contribution < 1.29 is 14.6 Å². The van der Waals surface area contributed by atoms with Crippen LogP contribution in [0.15, 0.2) is 16.9 Å². The topological polar surface area (TPSA) is 75.2 Å². The Morgan fingerprint density at radius 3 is 2.65 bits per heavy atom. The number of H-pyrrole nitrogens is 1. The number of hydrogen-bond acceptors (Lipinski definition) is 3. The lowest BCUT2D eigenvalue weighted by Gasteiger charge is -2.11. The summed E-state index contributed by atoms with van der Waals surface area (Å²) in [6, 6.07) is 3.89. The van der Waals surface area contributed by atoms with Crippen molar-refractivity contribution in [2.45, 2.75) is 20.3 Å². The number of aliphatic carboxylic acids is 1. The van der Waals surface area contributed by atoms with Gasteiger partial charge in [0, 0.05) is 5.56 Å². The van der Waals surface area contributed by atoms with E-state index in [0.29, 0.717) is 21.9 Å². The summed E-state index contributed by atoms with van der Waals surface area (Å²) in [5.41, 5.74) is 4.14. The van der Waals surface area contributed by atoms with Crippen molar-refractivity contribution in [1.82, 2.24) is 9.97 Å². The van der Waals surface area contributed by atoms with Crippen LogP contribution in [0.4, 0.5) is 0 Å². The number of hydrogen-bond donors (Lipinski definition) is 2. The Labute approximate surface area is 125 Å². The highest BCUT2D eigenvalue weighted by Crippen LogP contribution is 2.34. The number of aromatic nitrogens is 2. The predicted octanol–water partition coefficient (Wildman–Crippen LogP) is 3.09. The Balaban J connectivity index is 2.61. The molecule has 0 fully saturated rings. The van der Waals surface area contributed by atoms with E-state index in [9.17, 15) is 4.79 Å². The number of nitrogens with one attached hydrogen (secondary N) is 1. The van der Waals surface area contributed by atoms with Gasteiger partial charge in [-0.1, -0.05) is 0 Å². The van der Waals surface area contributed by atoms with Crippen LogP contribution in [0.1, 0.15) is 16.8 Å². The number of methoxy groups -OCH3 is 1. The second-order valence-electron chi connectivity index (χ2n) is 4.56. The number of imidazole rings is 1. The van der Waals surface area contributed by atoms with Gasteiger partial charge in [-0.2, -0.15) is 0 Å². The lowest BCUT2D eigenvalue weighted by molar-refractivity contribution is -0.136. The Hall–Kier alpha value is -1.82. The third-order valence-corrected chi connectivity index (χ3v) is 3.52. The van der Waals surface area contributed by atoms with Gasteiger partial charge in [0.25, 0.3) is 0 Å². The summed E-state index contributed by atoms with van der Waals surface area (Å²) in [7, 11) is 1.59. The molecule has 0 spiro atoms. The van der Waals surface area contributed by atoms with Gasteiger partial charge in [-0.3, -0.25) is 4.79 Å². The van der Waals surface area contributed by atoms with Crippen LogP contribution in [0.5, 0.6) is 5.75 Å². The van der Waals surface area contributed by atoms with E-state index < -0.39 is 5.97 Å². The highest BCUT2D eigenvalue weighted by molar-refractivity contribution is 9.10. The van der Waals surface area contributed by atoms with Gasteiger partial charge in [0.15, 0.2) is 4.73 Å². The Morgan fingerprint density at radius 2 is 2.05 bits per heavy atom. The minimum atomic E-state index is -0.912. The average molecular weight is 339 g/mol. The average Bonchev–Trinajstić information content (AvgIpc) is 2.72. The van der Waals surface area contributed by atoms with Crippen LogP contribution in [0.3, 0.4) is 0 Å². The number of aryl methyl sites for hydroxylation is 2. The van der Waals surface area contributed by atoms with Crippen LogP contribution in [-0.2, 0) is 11.2 Å². The molecule has 1 aromatic carbocycles. The number of carboxylic acid groups (broad SMARTS) is 1. The number of aromatic amines is 1. The SMILES string of the molecule is COc1cc(C)c(C)cc1-c1nc(Br)[nH]c1CC(=O)O. The van der Waals surface area contributed by atoms with E-state index in [-0.39, 0.29) is 6.42 Å². The highest BCUT2D eigenvalue weighted by Gasteiger charge is 2.18. The summed E-state index contributed by atoms with van der Waals surface area (Å²) in [6.07, 6.45) is -0.121. The maximum absolute atomic E-state index is 10.9. The lowest BCUT2D eigenvalue weighted by Crippen LogP contribution is -2.02. The smallest absolute Gasteiger partial charge is 0.309 e. The number of ether oxygens (including phenoxy) is 1. The number of carboxylic acids is 1. The molecule has 2 N–H and O–H groups in total. The molecule has 2 rings (SSSR count). The molecule has 0 unspecified atom stereocenters. The summed E-state index contributed by atoms with van der Waals surface area (Å²) >= 11 is 3.25. The molecular weight excluding hydrogens is 324 g/mol. The van der Waals surface area contributed by atoms with Gasteiger partial charge in [-0.25, -0.2) is 4.98 Å². The molecule has 0 amide bonds. The standard InChI is InChI=1S/C14H15BrN2O3/c1-7-4-9(11(20-3)5-8(7)2)13-10(6-12(18)19)16-14(15)17-13/h4-5H,6H2,1-3H3,(H,16,17)(H,18,19). The van der Waals surface area contributed by atoms with E-state index in [4.69, 9.17) is 9.84 Å². The largest absolute Gasteiger partial charge is 0.496 e. The monoisotopic (exact) mass is 338 g/mol. The molecule has 1 heterocycles. The Morgan fingerprint density at radius 1 is 1.40 bits per heavy atom. The normalized spacial score (nSPS) is 10.6. The van der Waals surface area contributed by atoms with Crippen LogP contribution in [0.2, 0.25) is 0 Å². The molecule has 0 aliphatic carbocycles. The van der Waals surface area contributed by atoms with Crippen LogP contribution in [0, 0.1) is 13.8 Å². The summed E-state index contributed by atoms with van der Waals surface area (Å²) in [6.45, 7) is 4.00. The fourth-order valence-corrected chi connectivity index (χ4v) is 2.44. The minimum Gasteiger partial charge on any atom is -0.496 e. The van der Waals surface area contributed by atoms with Crippen molar-refractivity contribution in [1.29, 1.82) is 0 Å². The molecule has 5 nitrogen and oxygen atoms in total. The van der Waals surface area contributed by atoms with Crippen molar-refractivity contribution in [3.63, 3.8) is 0 Å². The van der Waals surface area contributed by atoms with Gasteiger partial charge < -0.3 is 14.8 Å². The van der Waals surface area contributed by atoms with Crippen molar-refractivity contribution in [2.75, 3.05) is 7.11 Å². The van der Waals surface area contributed by atoms with Crippen LogP contribution < -0.4 is 4.74 Å². The molecule has 6 heteroatoms. The van der Waals surface area contributed by atoms with Crippen molar-refractivity contribution >= 4 is 21.9 Å². The summed E-state index contributed by atoms with van der Waals surface area (Å²) in [5.74, 6) is -0.232. The van der Waals surface area contributed by atoms with Gasteiger partial charge in [-0.05, 0) is 53.0 Å². The van der Waals surface area contributed by atoms with E-state index in [2.05, 4.69) is 25.9 Å². The molecule has 0 aliphatic heterocycles. The lowest BCUT2D eigenvalue weighted by atomic mass is 10.0. The van der Waals surface area contributed by atoms with Crippen LogP contribution >= 0.6 is 15.9 Å². The molecular formula is C14H15BrN2O3. The summed E-state index contributed by atoms with van der Waals surface area (Å²) in [4.78, 5) is 18.2. The Bertz CT molecular complexity index is 665. The van der Waals surface area contributed by atoms with Crippen molar-refractivity contribution in [3.8, 4) is 17.0 Å². The highest BCUT2D eigenvalue weighted by atomic mass is 79.9. The maximum Gasteiger partial charge on any atom is 0.309 e. The molecule has 0 atom stereocenters. The molecule has 1 aromatic heterocycles. The molecule has 2 aromatic rings. The number of nitrogens with zero attached hydrogens (tertiary/aromatic N) is 1. The third-order valence-electron chi connectivity index (χ3n) is 3.15. The second-order valence-corrected chi connectivity index (χ2v) is 5.31. The first-order chi connectivity index (χ1) is 9.42. The number of benzene rings is 1. The van der Waals surface area contributed by atoms with Gasteiger partial charge in [-0.15, -0.1) is 0 Å². The quantitative estimate of drug-likeness (QED) is 0.898. The third kappa shape index (κ3) is 2.85. The molecule has 106 valence electrons. The fourth-order valence-electron chi connectivity index (χ4n) is 2.02. The van der Waals surface area contributed by atoms with Crippen molar-refractivity contribution in [3.05, 3.63) is 33.7 Å². The first-order valence-corrected chi connectivity index (χ1v) is 6.83. The van der Waals surface area contributed by atoms with Gasteiger partial charge >= 0.3 is 5.97 Å². The maximum atomic E-state index is 10.9. The van der Waals surface area contributed by atoms with E-state index in [1.807, 2.05) is 26.0 Å². The van der Waals surface area contributed by atoms with E-state index >= 15 is 0 Å².